The van der Waals surface area contributed by atoms with Crippen LogP contribution < -0.4 is 0 Å². The van der Waals surface area contributed by atoms with Crippen molar-refractivity contribution < 1.29 is 36.8 Å². The Morgan fingerprint density at radius 1 is 1.29 bits per heavy atom. The van der Waals surface area contributed by atoms with E-state index in [1.807, 2.05) is 0 Å². The van der Waals surface area contributed by atoms with Crippen LogP contribution in [0.4, 0.5) is 4.79 Å². The van der Waals surface area contributed by atoms with Gasteiger partial charge in [0.25, 0.3) is 0 Å². The Hall–Kier alpha value is 0.291. The van der Waals surface area contributed by atoms with Crippen molar-refractivity contribution in [1.82, 2.24) is 0 Å². The first-order chi connectivity index (χ1) is 2.73. The van der Waals surface area contributed by atoms with E-state index in [-0.39, 0.29) is 37.1 Å². The Balaban J connectivity index is -0.0000000480. The Bertz CT molecular complexity index is 43.0. The van der Waals surface area contributed by atoms with Crippen molar-refractivity contribution in [2.45, 2.75) is 0 Å². The monoisotopic (exact) mass is 150 g/mol. The van der Waals surface area contributed by atoms with Crippen LogP contribution in [0.2, 0.25) is 0 Å². The van der Waals surface area contributed by atoms with Gasteiger partial charge in [0, 0.05) is 0 Å². The van der Waals surface area contributed by atoms with Crippen LogP contribution in [-0.2, 0) is 21.8 Å². The van der Waals surface area contributed by atoms with Crippen LogP contribution in [0.15, 0.2) is 0 Å². The first kappa shape index (κ1) is 15.7. The zero-order valence-corrected chi connectivity index (χ0v) is 5.89. The van der Waals surface area contributed by atoms with Crippen LogP contribution in [-0.4, -0.2) is 35.2 Å². The van der Waals surface area contributed by atoms with Crippen LogP contribution in [0.25, 0.3) is 0 Å². The quantitative estimate of drug-likeness (QED) is 0.456. The molecular formula is CH3LiO4Zn. The van der Waals surface area contributed by atoms with E-state index in [4.69, 9.17) is 18.6 Å². The summed E-state index contributed by atoms with van der Waals surface area (Å²) < 4.78 is 8.38. The van der Waals surface area contributed by atoms with E-state index in [2.05, 4.69) is 0 Å². The molecule has 0 amide bonds. The van der Waals surface area contributed by atoms with E-state index in [0.29, 0.717) is 0 Å². The van der Waals surface area contributed by atoms with Crippen LogP contribution in [0.3, 0.4) is 0 Å². The summed E-state index contributed by atoms with van der Waals surface area (Å²) in [6.07, 6.45) is -1.83. The fourth-order valence-corrected chi connectivity index (χ4v) is 0. The third-order valence-electron chi connectivity index (χ3n) is 0. The summed E-state index contributed by atoms with van der Waals surface area (Å²) in [6, 6.07) is 0. The number of carboxylic acid groups (broad SMARTS) is 2. The standard InChI is InChI=1S/CH2O3.Li.O.Zn.H/c2-1(3)4;;;;/h(H2,2,3,4);;;;. The molecule has 0 atom stereocenters. The van der Waals surface area contributed by atoms with Crippen molar-refractivity contribution in [3.8, 4) is 0 Å². The molecule has 0 heterocycles. The number of hydrogen-bond acceptors (Lipinski definition) is 2. The maximum atomic E-state index is 8.56. The molecule has 0 aliphatic carbocycles. The Morgan fingerprint density at radius 3 is 1.29 bits per heavy atom. The van der Waals surface area contributed by atoms with Crippen LogP contribution >= 0.6 is 0 Å². The molecule has 0 aromatic heterocycles. The van der Waals surface area contributed by atoms with Gasteiger partial charge in [0.15, 0.2) is 0 Å². The molecule has 0 radical (unpaired) electrons. The van der Waals surface area contributed by atoms with Gasteiger partial charge in [-0.05, 0) is 0 Å². The van der Waals surface area contributed by atoms with Crippen LogP contribution in [0, 0.1) is 0 Å². The second kappa shape index (κ2) is 16.3. The van der Waals surface area contributed by atoms with E-state index < -0.39 is 6.16 Å². The second-order valence-electron chi connectivity index (χ2n) is 0.283. The first-order valence-corrected chi connectivity index (χ1v) is 2.15. The molecule has 0 aromatic carbocycles. The van der Waals surface area contributed by atoms with Crippen molar-refractivity contribution >= 4 is 25.0 Å². The molecule has 0 unspecified atom stereocenters. The van der Waals surface area contributed by atoms with Gasteiger partial charge in [-0.25, -0.2) is 4.79 Å². The van der Waals surface area contributed by atoms with Gasteiger partial charge >= 0.3 is 46.8 Å². The van der Waals surface area contributed by atoms with Gasteiger partial charge in [-0.2, -0.15) is 0 Å². The van der Waals surface area contributed by atoms with Gasteiger partial charge in [0.1, 0.15) is 0 Å². The molecule has 0 bridgehead atoms. The van der Waals surface area contributed by atoms with Crippen molar-refractivity contribution in [2.75, 3.05) is 0 Å². The van der Waals surface area contributed by atoms with Gasteiger partial charge in [0.05, 0.1) is 0 Å². The molecule has 0 aromatic rings. The van der Waals surface area contributed by atoms with Crippen molar-refractivity contribution in [2.24, 2.45) is 0 Å². The fraction of sp³-hybridized carbons (Fsp3) is 0. The second-order valence-corrected chi connectivity index (χ2v) is 0.283. The van der Waals surface area contributed by atoms with Gasteiger partial charge in [-0.1, -0.05) is 0 Å². The molecule has 34 valence electrons. The van der Waals surface area contributed by atoms with E-state index in [1.54, 1.807) is 0 Å². The maximum absolute atomic E-state index is 8.56. The van der Waals surface area contributed by atoms with Gasteiger partial charge < -0.3 is 10.2 Å². The van der Waals surface area contributed by atoms with E-state index in [1.165, 1.54) is 0 Å². The molecule has 0 saturated carbocycles. The van der Waals surface area contributed by atoms with Crippen molar-refractivity contribution in [3.63, 3.8) is 0 Å². The summed E-state index contributed by atoms with van der Waals surface area (Å²) in [5, 5.41) is 13.9. The molecule has 6 heteroatoms. The topological polar surface area (TPSA) is 74.6 Å². The van der Waals surface area contributed by atoms with E-state index >= 15 is 0 Å². The zero-order chi connectivity index (χ0) is 5.58. The van der Waals surface area contributed by atoms with E-state index in [9.17, 15) is 0 Å². The van der Waals surface area contributed by atoms with Gasteiger partial charge in [-0.15, -0.1) is 0 Å². The molecule has 7 heavy (non-hydrogen) atoms. The van der Waals surface area contributed by atoms with Crippen LogP contribution in [0.1, 0.15) is 0 Å². The minimum atomic E-state index is -1.83. The predicted molar refractivity (Wildman–Crippen MR) is 18.5 cm³/mol. The summed E-state index contributed by atoms with van der Waals surface area (Å²) in [5.41, 5.74) is 0. The number of hydrogen-bond donors (Lipinski definition) is 2. The summed E-state index contributed by atoms with van der Waals surface area (Å²) in [7, 11) is 0. The van der Waals surface area contributed by atoms with Crippen LogP contribution in [0.5, 0.6) is 0 Å². The van der Waals surface area contributed by atoms with Crippen molar-refractivity contribution in [1.29, 1.82) is 0 Å². The fourth-order valence-electron chi connectivity index (χ4n) is 0. The number of rotatable bonds is 0. The summed E-state index contributed by atoms with van der Waals surface area (Å²) in [6.45, 7) is 0. The molecule has 0 fully saturated rings. The zero-order valence-electron chi connectivity index (χ0n) is 2.92. The third-order valence-corrected chi connectivity index (χ3v) is 0. The van der Waals surface area contributed by atoms with Gasteiger partial charge in [-0.3, -0.25) is 0 Å². The molecule has 2 N–H and O–H groups in total. The summed E-state index contributed by atoms with van der Waals surface area (Å²) in [4.78, 5) is 8.56. The minimum absolute atomic E-state index is 0. The Morgan fingerprint density at radius 2 is 1.29 bits per heavy atom. The molecule has 0 rings (SSSR count). The summed E-state index contributed by atoms with van der Waals surface area (Å²) in [5.74, 6) is 0. The first-order valence-electron chi connectivity index (χ1n) is 0.940. The average Bonchev–Trinajstić information content (AvgIpc) is 1.41. The molecule has 0 aliphatic rings. The Kier molecular flexibility index (Phi) is 36.4. The molecule has 0 spiro atoms. The SMILES string of the molecule is O=C(O)O.[LiH].[O]=[Zn]. The van der Waals surface area contributed by atoms with E-state index in [0.717, 1.165) is 0 Å². The average molecular weight is 151 g/mol. The molecule has 0 aliphatic heterocycles. The predicted octanol–water partition coefficient (Wildman–Crippen LogP) is -0.547. The normalized spacial score (nSPS) is 4.29. The third kappa shape index (κ3) is 1370. The van der Waals surface area contributed by atoms with Crippen molar-refractivity contribution in [3.05, 3.63) is 0 Å². The number of carbonyl (C=O) groups is 1. The van der Waals surface area contributed by atoms with Gasteiger partial charge in [0.2, 0.25) is 0 Å². The molecule has 0 saturated heterocycles. The molecule has 4 nitrogen and oxygen atoms in total. The summed E-state index contributed by atoms with van der Waals surface area (Å²) >= 11 is 0.125. The molecular weight excluding hydrogens is 148 g/mol. The Labute approximate surface area is 62.0 Å².